The second-order valence-corrected chi connectivity index (χ2v) is 5.51. The highest BCUT2D eigenvalue weighted by molar-refractivity contribution is 5.79. The summed E-state index contributed by atoms with van der Waals surface area (Å²) in [6.07, 6.45) is 8.48. The highest BCUT2D eigenvalue weighted by Gasteiger charge is 2.43. The maximum absolute atomic E-state index is 11.5. The zero-order valence-electron chi connectivity index (χ0n) is 10.2. The summed E-state index contributed by atoms with van der Waals surface area (Å²) in [7, 11) is 0. The fourth-order valence-electron chi connectivity index (χ4n) is 2.86. The second kappa shape index (κ2) is 4.74. The standard InChI is InChI=1S/C13H23NO2/c1-2-10-4-3-8-13(9-7-10,12(15)16)14-11-5-6-11/h10-11,14H,2-9H2,1H3,(H,15,16). The lowest BCUT2D eigenvalue weighted by Crippen LogP contribution is -2.52. The van der Waals surface area contributed by atoms with Gasteiger partial charge in [0.15, 0.2) is 0 Å². The Kier molecular flexibility index (Phi) is 3.53. The average Bonchev–Trinajstić information content (AvgIpc) is 3.06. The molecule has 2 aliphatic carbocycles. The van der Waals surface area contributed by atoms with Gasteiger partial charge in [-0.2, -0.15) is 0 Å². The quantitative estimate of drug-likeness (QED) is 0.723. The summed E-state index contributed by atoms with van der Waals surface area (Å²) in [5, 5.41) is 12.9. The first-order valence-corrected chi connectivity index (χ1v) is 6.67. The van der Waals surface area contributed by atoms with Crippen molar-refractivity contribution in [1.29, 1.82) is 0 Å². The molecule has 0 aliphatic heterocycles. The summed E-state index contributed by atoms with van der Waals surface area (Å²) >= 11 is 0. The average molecular weight is 225 g/mol. The Bertz CT molecular complexity index is 263. The van der Waals surface area contributed by atoms with Crippen LogP contribution < -0.4 is 5.32 Å². The van der Waals surface area contributed by atoms with Crippen molar-refractivity contribution in [3.05, 3.63) is 0 Å². The molecule has 2 saturated carbocycles. The van der Waals surface area contributed by atoms with Crippen molar-refractivity contribution < 1.29 is 9.90 Å². The highest BCUT2D eigenvalue weighted by Crippen LogP contribution is 2.35. The molecular formula is C13H23NO2. The van der Waals surface area contributed by atoms with Gasteiger partial charge in [-0.05, 0) is 38.0 Å². The Morgan fingerprint density at radius 3 is 2.62 bits per heavy atom. The lowest BCUT2D eigenvalue weighted by Gasteiger charge is -2.29. The van der Waals surface area contributed by atoms with E-state index in [1.54, 1.807) is 0 Å². The third-order valence-corrected chi connectivity index (χ3v) is 4.24. The molecule has 2 rings (SSSR count). The van der Waals surface area contributed by atoms with Crippen LogP contribution in [0.4, 0.5) is 0 Å². The van der Waals surface area contributed by atoms with Crippen molar-refractivity contribution in [2.75, 3.05) is 0 Å². The Balaban J connectivity index is 2.02. The van der Waals surface area contributed by atoms with E-state index in [9.17, 15) is 9.90 Å². The van der Waals surface area contributed by atoms with E-state index in [0.29, 0.717) is 6.04 Å². The molecule has 0 bridgehead atoms. The summed E-state index contributed by atoms with van der Waals surface area (Å²) in [4.78, 5) is 11.5. The van der Waals surface area contributed by atoms with Crippen LogP contribution in [0.1, 0.15) is 58.3 Å². The van der Waals surface area contributed by atoms with Crippen molar-refractivity contribution in [3.63, 3.8) is 0 Å². The Morgan fingerprint density at radius 1 is 1.31 bits per heavy atom. The second-order valence-electron chi connectivity index (χ2n) is 5.51. The van der Waals surface area contributed by atoms with Gasteiger partial charge in [0.25, 0.3) is 0 Å². The van der Waals surface area contributed by atoms with E-state index in [1.165, 1.54) is 12.8 Å². The first-order chi connectivity index (χ1) is 7.66. The fraction of sp³-hybridized carbons (Fsp3) is 0.923. The van der Waals surface area contributed by atoms with Crippen molar-refractivity contribution in [1.82, 2.24) is 5.32 Å². The molecule has 0 spiro atoms. The van der Waals surface area contributed by atoms with E-state index in [0.717, 1.165) is 44.4 Å². The summed E-state index contributed by atoms with van der Waals surface area (Å²) in [6, 6.07) is 0.481. The number of carboxylic acid groups (broad SMARTS) is 1. The van der Waals surface area contributed by atoms with Crippen LogP contribution in [0.5, 0.6) is 0 Å². The molecule has 0 amide bonds. The van der Waals surface area contributed by atoms with Gasteiger partial charge in [0.2, 0.25) is 0 Å². The van der Waals surface area contributed by atoms with Crippen LogP contribution in [-0.2, 0) is 4.79 Å². The molecule has 0 saturated heterocycles. The molecule has 3 nitrogen and oxygen atoms in total. The molecule has 16 heavy (non-hydrogen) atoms. The van der Waals surface area contributed by atoms with Crippen LogP contribution in [0.3, 0.4) is 0 Å². The number of nitrogens with one attached hydrogen (secondary N) is 1. The maximum Gasteiger partial charge on any atom is 0.323 e. The van der Waals surface area contributed by atoms with Gasteiger partial charge in [-0.25, -0.2) is 0 Å². The predicted octanol–water partition coefficient (Wildman–Crippen LogP) is 2.55. The van der Waals surface area contributed by atoms with E-state index >= 15 is 0 Å². The van der Waals surface area contributed by atoms with E-state index in [1.807, 2.05) is 0 Å². The molecule has 0 heterocycles. The van der Waals surface area contributed by atoms with Crippen molar-refractivity contribution in [2.24, 2.45) is 5.92 Å². The summed E-state index contributed by atoms with van der Waals surface area (Å²) in [5.41, 5.74) is -0.606. The molecule has 2 fully saturated rings. The topological polar surface area (TPSA) is 49.3 Å². The van der Waals surface area contributed by atoms with E-state index in [-0.39, 0.29) is 0 Å². The number of hydrogen-bond donors (Lipinski definition) is 2. The van der Waals surface area contributed by atoms with Crippen molar-refractivity contribution in [3.8, 4) is 0 Å². The number of aliphatic carboxylic acids is 1. The largest absolute Gasteiger partial charge is 0.480 e. The molecule has 0 aromatic heterocycles. The number of carboxylic acids is 1. The molecule has 2 unspecified atom stereocenters. The first-order valence-electron chi connectivity index (χ1n) is 6.67. The van der Waals surface area contributed by atoms with Crippen LogP contribution in [0.2, 0.25) is 0 Å². The minimum atomic E-state index is -0.629. The number of carbonyl (C=O) groups is 1. The Morgan fingerprint density at radius 2 is 2.06 bits per heavy atom. The smallest absolute Gasteiger partial charge is 0.323 e. The molecule has 0 aromatic rings. The van der Waals surface area contributed by atoms with Crippen molar-refractivity contribution >= 4 is 5.97 Å². The highest BCUT2D eigenvalue weighted by atomic mass is 16.4. The summed E-state index contributed by atoms with van der Waals surface area (Å²) in [5.74, 6) is 0.110. The SMILES string of the molecule is CCC1CCCC(NC2CC2)(C(=O)O)CC1. The van der Waals surface area contributed by atoms with Crippen LogP contribution >= 0.6 is 0 Å². The van der Waals surface area contributed by atoms with E-state index in [4.69, 9.17) is 0 Å². The van der Waals surface area contributed by atoms with Crippen molar-refractivity contribution in [2.45, 2.75) is 69.9 Å². The minimum Gasteiger partial charge on any atom is -0.480 e. The first kappa shape index (κ1) is 11.9. The predicted molar refractivity (Wildman–Crippen MR) is 63.4 cm³/mol. The molecule has 2 N–H and O–H groups in total. The maximum atomic E-state index is 11.5. The van der Waals surface area contributed by atoms with Gasteiger partial charge < -0.3 is 5.11 Å². The van der Waals surface area contributed by atoms with Gasteiger partial charge >= 0.3 is 5.97 Å². The zero-order valence-corrected chi connectivity index (χ0v) is 10.2. The summed E-state index contributed by atoms with van der Waals surface area (Å²) < 4.78 is 0. The van der Waals surface area contributed by atoms with Gasteiger partial charge in [-0.3, -0.25) is 10.1 Å². The molecule has 2 atom stereocenters. The lowest BCUT2D eigenvalue weighted by molar-refractivity contribution is -0.145. The van der Waals surface area contributed by atoms with Crippen LogP contribution in [0.25, 0.3) is 0 Å². The number of rotatable bonds is 4. The van der Waals surface area contributed by atoms with E-state index < -0.39 is 11.5 Å². The molecule has 3 heteroatoms. The molecule has 92 valence electrons. The lowest BCUT2D eigenvalue weighted by atomic mass is 9.89. The molecule has 2 aliphatic rings. The third kappa shape index (κ3) is 2.57. The normalized spacial score (nSPS) is 35.7. The Hall–Kier alpha value is -0.570. The van der Waals surface area contributed by atoms with Crippen LogP contribution in [0.15, 0.2) is 0 Å². The van der Waals surface area contributed by atoms with Crippen LogP contribution in [0, 0.1) is 5.92 Å². The Labute approximate surface area is 97.6 Å². The van der Waals surface area contributed by atoms with E-state index in [2.05, 4.69) is 12.2 Å². The van der Waals surface area contributed by atoms with Gasteiger partial charge in [-0.1, -0.05) is 26.2 Å². The van der Waals surface area contributed by atoms with Crippen LogP contribution in [-0.4, -0.2) is 22.7 Å². The van der Waals surface area contributed by atoms with Gasteiger partial charge in [0.05, 0.1) is 0 Å². The van der Waals surface area contributed by atoms with Gasteiger partial charge in [-0.15, -0.1) is 0 Å². The molecular weight excluding hydrogens is 202 g/mol. The minimum absolute atomic E-state index is 0.481. The van der Waals surface area contributed by atoms with Gasteiger partial charge in [0.1, 0.15) is 5.54 Å². The summed E-state index contributed by atoms with van der Waals surface area (Å²) in [6.45, 7) is 2.22. The third-order valence-electron chi connectivity index (χ3n) is 4.24. The fourth-order valence-corrected chi connectivity index (χ4v) is 2.86. The van der Waals surface area contributed by atoms with Gasteiger partial charge in [0, 0.05) is 6.04 Å². The molecule has 0 radical (unpaired) electrons. The molecule has 0 aromatic carbocycles. The number of hydrogen-bond acceptors (Lipinski definition) is 2. The monoisotopic (exact) mass is 225 g/mol. The zero-order chi connectivity index (χ0) is 11.6.